The van der Waals surface area contributed by atoms with Crippen molar-refractivity contribution in [3.8, 4) is 11.5 Å². The first-order valence-electron chi connectivity index (χ1n) is 13.4. The molecule has 0 bridgehead atoms. The number of hydrogen-bond acceptors (Lipinski definition) is 6. The van der Waals surface area contributed by atoms with Gasteiger partial charge in [-0.2, -0.15) is 0 Å². The summed E-state index contributed by atoms with van der Waals surface area (Å²) in [6.45, 7) is 0.838. The van der Waals surface area contributed by atoms with E-state index >= 15 is 0 Å². The average molecular weight is 516 g/mol. The summed E-state index contributed by atoms with van der Waals surface area (Å²) < 4.78 is 16.9. The van der Waals surface area contributed by atoms with Crippen LogP contribution in [-0.2, 0) is 22.4 Å². The summed E-state index contributed by atoms with van der Waals surface area (Å²) in [5, 5.41) is 18.8. The molecule has 0 heterocycles. The van der Waals surface area contributed by atoms with Crippen LogP contribution in [0.15, 0.2) is 48.5 Å². The number of carboxylic acids is 1. The third-order valence-corrected chi connectivity index (χ3v) is 6.17. The molecule has 0 aliphatic heterocycles. The topological polar surface area (TPSA) is 88.5 Å². The van der Waals surface area contributed by atoms with Crippen molar-refractivity contribution in [1.82, 2.24) is 4.90 Å². The lowest BCUT2D eigenvalue weighted by Gasteiger charge is -2.24. The van der Waals surface area contributed by atoms with Crippen LogP contribution in [0.3, 0.4) is 0 Å². The third-order valence-electron chi connectivity index (χ3n) is 6.17. The normalized spacial score (nSPS) is 12.9. The fraction of sp³-hybridized carbons (Fsp3) is 0.567. The highest BCUT2D eigenvalue weighted by atomic mass is 16.6. The molecule has 2 unspecified atom stereocenters. The monoisotopic (exact) mass is 515 g/mol. The lowest BCUT2D eigenvalue weighted by atomic mass is 10.0. The Kier molecular flexibility index (Phi) is 14.7. The fourth-order valence-corrected chi connectivity index (χ4v) is 4.25. The Morgan fingerprint density at radius 2 is 1.46 bits per heavy atom. The molecule has 37 heavy (non-hydrogen) atoms. The summed E-state index contributed by atoms with van der Waals surface area (Å²) in [6.07, 6.45) is 7.89. The molecule has 0 radical (unpaired) electrons. The minimum Gasteiger partial charge on any atom is -0.497 e. The summed E-state index contributed by atoms with van der Waals surface area (Å²) in [6, 6.07) is 16.5. The first kappa shape index (κ1) is 30.6. The first-order chi connectivity index (χ1) is 17.9. The van der Waals surface area contributed by atoms with E-state index in [1.54, 1.807) is 7.11 Å². The molecule has 0 aliphatic carbocycles. The molecule has 7 nitrogen and oxygen atoms in total. The van der Waals surface area contributed by atoms with Gasteiger partial charge in [-0.1, -0.05) is 49.9 Å². The number of ether oxygens (including phenoxy) is 3. The molecular weight excluding hydrogens is 470 g/mol. The molecule has 2 aromatic rings. The van der Waals surface area contributed by atoms with E-state index in [9.17, 15) is 9.90 Å². The van der Waals surface area contributed by atoms with Crippen molar-refractivity contribution in [3.63, 3.8) is 0 Å². The summed E-state index contributed by atoms with van der Waals surface area (Å²) in [7, 11) is 5.55. The molecule has 0 aliphatic rings. The predicted octanol–water partition coefficient (Wildman–Crippen LogP) is 5.33. The zero-order valence-electron chi connectivity index (χ0n) is 22.7. The number of aryl methyl sites for hydroxylation is 2. The van der Waals surface area contributed by atoms with Crippen molar-refractivity contribution in [1.29, 1.82) is 0 Å². The van der Waals surface area contributed by atoms with E-state index in [0.29, 0.717) is 6.54 Å². The number of unbranched alkanes of at least 4 members (excludes halogenated alkanes) is 5. The Morgan fingerprint density at radius 1 is 0.892 bits per heavy atom. The highest BCUT2D eigenvalue weighted by molar-refractivity contribution is 5.66. The number of hydrogen-bond donors (Lipinski definition) is 2. The maximum Gasteiger partial charge on any atom is 0.303 e. The van der Waals surface area contributed by atoms with Crippen molar-refractivity contribution in [2.24, 2.45) is 0 Å². The quantitative estimate of drug-likeness (QED) is 0.182. The molecule has 2 aromatic carbocycles. The predicted molar refractivity (Wildman–Crippen MR) is 146 cm³/mol. The van der Waals surface area contributed by atoms with Gasteiger partial charge < -0.3 is 29.3 Å². The van der Waals surface area contributed by atoms with Gasteiger partial charge in [0, 0.05) is 13.0 Å². The van der Waals surface area contributed by atoms with Crippen molar-refractivity contribution >= 4 is 5.97 Å². The number of aliphatic carboxylic acids is 1. The van der Waals surface area contributed by atoms with E-state index in [2.05, 4.69) is 30.3 Å². The summed E-state index contributed by atoms with van der Waals surface area (Å²) in [4.78, 5) is 12.7. The van der Waals surface area contributed by atoms with Gasteiger partial charge >= 0.3 is 5.97 Å². The molecule has 0 saturated carbocycles. The Morgan fingerprint density at radius 3 is 2.03 bits per heavy atom. The Balaban J connectivity index is 1.65. The molecule has 2 rings (SSSR count). The number of aliphatic hydroxyl groups is 1. The van der Waals surface area contributed by atoms with Crippen LogP contribution in [0.2, 0.25) is 0 Å². The molecule has 2 N–H and O–H groups in total. The van der Waals surface area contributed by atoms with Crippen molar-refractivity contribution < 1.29 is 29.2 Å². The summed E-state index contributed by atoms with van der Waals surface area (Å²) in [5.41, 5.74) is 2.59. The number of carbonyl (C=O) groups is 1. The second kappa shape index (κ2) is 17.8. The number of likely N-dealkylation sites (N-methyl/N-ethyl adjacent to an activating group) is 1. The van der Waals surface area contributed by atoms with Crippen molar-refractivity contribution in [2.45, 2.75) is 76.6 Å². The molecule has 7 heteroatoms. The van der Waals surface area contributed by atoms with Crippen molar-refractivity contribution in [2.75, 3.05) is 34.4 Å². The van der Waals surface area contributed by atoms with Gasteiger partial charge in [0.1, 0.15) is 24.2 Å². The standard InChI is InChI=1S/C30H45NO6/c1-31(2)22-28(37-30(34)19-18-29(32)33)23-36-27-17-11-15-25(21-27)13-9-7-5-4-6-8-12-24-14-10-16-26(20-24)35-3/h10-11,14-17,20-21,28,30,34H,4-9,12-13,18-19,22-23H2,1-3H3,(H,32,33). The summed E-state index contributed by atoms with van der Waals surface area (Å²) >= 11 is 0. The number of aliphatic hydroxyl groups excluding tert-OH is 1. The zero-order valence-corrected chi connectivity index (χ0v) is 22.7. The van der Waals surface area contributed by atoms with Crippen LogP contribution in [0.4, 0.5) is 0 Å². The van der Waals surface area contributed by atoms with Gasteiger partial charge in [-0.15, -0.1) is 0 Å². The second-order valence-electron chi connectivity index (χ2n) is 9.84. The van der Waals surface area contributed by atoms with Crippen LogP contribution in [0.25, 0.3) is 0 Å². The van der Waals surface area contributed by atoms with E-state index in [0.717, 1.165) is 30.8 Å². The van der Waals surface area contributed by atoms with Crippen LogP contribution in [0.5, 0.6) is 11.5 Å². The number of methoxy groups -OCH3 is 1. The molecule has 0 amide bonds. The fourth-order valence-electron chi connectivity index (χ4n) is 4.25. The molecule has 0 aromatic heterocycles. The Bertz CT molecular complexity index is 903. The van der Waals surface area contributed by atoms with Crippen LogP contribution in [0, 0.1) is 0 Å². The molecular formula is C30H45NO6. The molecule has 0 saturated heterocycles. The smallest absolute Gasteiger partial charge is 0.303 e. The highest BCUT2D eigenvalue weighted by Gasteiger charge is 2.18. The lowest BCUT2D eigenvalue weighted by Crippen LogP contribution is -2.36. The van der Waals surface area contributed by atoms with Gasteiger partial charge in [-0.25, -0.2) is 0 Å². The van der Waals surface area contributed by atoms with Crippen LogP contribution < -0.4 is 9.47 Å². The van der Waals surface area contributed by atoms with E-state index in [1.165, 1.54) is 43.2 Å². The SMILES string of the molecule is COc1cccc(CCCCCCCCc2cccc(OCC(CN(C)C)OC(O)CCC(=O)O)c2)c1. The third kappa shape index (κ3) is 14.1. The van der Waals surface area contributed by atoms with Gasteiger partial charge in [0.05, 0.1) is 13.5 Å². The van der Waals surface area contributed by atoms with Gasteiger partial charge in [0.2, 0.25) is 0 Å². The van der Waals surface area contributed by atoms with Gasteiger partial charge in [-0.05, 0) is 75.2 Å². The lowest BCUT2D eigenvalue weighted by molar-refractivity contribution is -0.158. The maximum absolute atomic E-state index is 10.7. The first-order valence-corrected chi connectivity index (χ1v) is 13.4. The van der Waals surface area contributed by atoms with E-state index in [-0.39, 0.29) is 25.6 Å². The van der Waals surface area contributed by atoms with Crippen LogP contribution in [0.1, 0.15) is 62.5 Å². The van der Waals surface area contributed by atoms with Crippen molar-refractivity contribution in [3.05, 3.63) is 59.7 Å². The number of rotatable bonds is 20. The Hall–Kier alpha value is -2.61. The van der Waals surface area contributed by atoms with Crippen LogP contribution >= 0.6 is 0 Å². The maximum atomic E-state index is 10.7. The van der Waals surface area contributed by atoms with Crippen LogP contribution in [-0.4, -0.2) is 67.8 Å². The summed E-state index contributed by atoms with van der Waals surface area (Å²) in [5.74, 6) is 0.757. The number of carboxylic acid groups (broad SMARTS) is 1. The minimum absolute atomic E-state index is 0.0526. The van der Waals surface area contributed by atoms with E-state index in [1.807, 2.05) is 37.2 Å². The number of benzene rings is 2. The molecule has 0 spiro atoms. The van der Waals surface area contributed by atoms with Gasteiger partial charge in [-0.3, -0.25) is 4.79 Å². The molecule has 0 fully saturated rings. The zero-order chi connectivity index (χ0) is 26.9. The van der Waals surface area contributed by atoms with Gasteiger partial charge in [0.15, 0.2) is 6.29 Å². The van der Waals surface area contributed by atoms with E-state index < -0.39 is 12.3 Å². The average Bonchev–Trinajstić information content (AvgIpc) is 2.87. The minimum atomic E-state index is -1.13. The van der Waals surface area contributed by atoms with E-state index in [4.69, 9.17) is 19.3 Å². The second-order valence-corrected chi connectivity index (χ2v) is 9.84. The highest BCUT2D eigenvalue weighted by Crippen LogP contribution is 2.18. The molecule has 206 valence electrons. The largest absolute Gasteiger partial charge is 0.497 e. The number of nitrogens with zero attached hydrogens (tertiary/aromatic N) is 1. The Labute approximate surface area is 222 Å². The molecule has 2 atom stereocenters. The van der Waals surface area contributed by atoms with Gasteiger partial charge in [0.25, 0.3) is 0 Å².